The summed E-state index contributed by atoms with van der Waals surface area (Å²) in [7, 11) is 0. The van der Waals surface area contributed by atoms with Gasteiger partial charge in [0.25, 0.3) is 0 Å². The summed E-state index contributed by atoms with van der Waals surface area (Å²) in [5.41, 5.74) is 1.26. The number of nitrogens with one attached hydrogen (secondary N) is 1. The first-order chi connectivity index (χ1) is 8.46. The quantitative estimate of drug-likeness (QED) is 0.929. The van der Waals surface area contributed by atoms with Gasteiger partial charge in [0.15, 0.2) is 5.79 Å². The van der Waals surface area contributed by atoms with Crippen molar-refractivity contribution in [1.29, 1.82) is 0 Å². The summed E-state index contributed by atoms with van der Waals surface area (Å²) in [4.78, 5) is 0. The molecule has 0 radical (unpaired) electrons. The first kappa shape index (κ1) is 14.0. The molecule has 0 aromatic heterocycles. The molecule has 0 aliphatic carbocycles. The topological polar surface area (TPSA) is 30.5 Å². The number of halogens is 1. The van der Waals surface area contributed by atoms with Gasteiger partial charge in [-0.15, -0.1) is 0 Å². The molecule has 1 aromatic rings. The summed E-state index contributed by atoms with van der Waals surface area (Å²) in [6.45, 7) is 7.42. The lowest BCUT2D eigenvalue weighted by molar-refractivity contribution is -0.253. The zero-order chi connectivity index (χ0) is 13.2. The van der Waals surface area contributed by atoms with Gasteiger partial charge < -0.3 is 14.8 Å². The highest BCUT2D eigenvalue weighted by Crippen LogP contribution is 2.21. The van der Waals surface area contributed by atoms with E-state index in [1.54, 1.807) is 0 Å². The van der Waals surface area contributed by atoms with Crippen LogP contribution >= 0.6 is 15.9 Å². The molecule has 18 heavy (non-hydrogen) atoms. The van der Waals surface area contributed by atoms with Crippen LogP contribution in [-0.2, 0) is 9.47 Å². The maximum Gasteiger partial charge on any atom is 0.162 e. The Morgan fingerprint density at radius 1 is 1.33 bits per heavy atom. The normalized spacial score (nSPS) is 21.8. The van der Waals surface area contributed by atoms with Gasteiger partial charge in [0, 0.05) is 10.5 Å². The number of rotatable bonds is 3. The zero-order valence-corrected chi connectivity index (χ0v) is 12.7. The average Bonchev–Trinajstić information content (AvgIpc) is 2.32. The van der Waals surface area contributed by atoms with E-state index >= 15 is 0 Å². The Morgan fingerprint density at radius 3 is 2.61 bits per heavy atom. The maximum atomic E-state index is 5.64. The molecule has 1 aromatic carbocycles. The van der Waals surface area contributed by atoms with Crippen LogP contribution in [0.2, 0.25) is 0 Å². The van der Waals surface area contributed by atoms with Crippen molar-refractivity contribution in [1.82, 2.24) is 5.32 Å². The van der Waals surface area contributed by atoms with Gasteiger partial charge in [-0.2, -0.15) is 0 Å². The third kappa shape index (κ3) is 3.79. The minimum absolute atomic E-state index is 0.243. The Bertz CT molecular complexity index is 399. The van der Waals surface area contributed by atoms with Crippen molar-refractivity contribution in [2.45, 2.75) is 38.6 Å². The minimum atomic E-state index is -0.447. The fourth-order valence-electron chi connectivity index (χ4n) is 2.01. The fraction of sp³-hybridized carbons (Fsp3) is 0.571. The summed E-state index contributed by atoms with van der Waals surface area (Å²) in [6.07, 6.45) is 0. The van der Waals surface area contributed by atoms with Crippen LogP contribution in [-0.4, -0.2) is 25.0 Å². The molecule has 1 atom stereocenters. The molecule has 0 amide bonds. The average molecular weight is 314 g/mol. The fourth-order valence-corrected chi connectivity index (χ4v) is 2.43. The Balaban J connectivity index is 1.90. The van der Waals surface area contributed by atoms with E-state index in [1.807, 2.05) is 19.9 Å². The van der Waals surface area contributed by atoms with Crippen molar-refractivity contribution in [3.8, 4) is 0 Å². The number of ether oxygens (including phenoxy) is 2. The Labute approximate surface area is 117 Å². The molecular weight excluding hydrogens is 294 g/mol. The van der Waals surface area contributed by atoms with Gasteiger partial charge in [-0.25, -0.2) is 0 Å². The third-order valence-corrected chi connectivity index (χ3v) is 3.59. The van der Waals surface area contributed by atoms with Crippen molar-refractivity contribution in [2.75, 3.05) is 13.2 Å². The Kier molecular flexibility index (Phi) is 4.43. The van der Waals surface area contributed by atoms with Crippen LogP contribution in [0.1, 0.15) is 32.4 Å². The van der Waals surface area contributed by atoms with E-state index < -0.39 is 5.79 Å². The molecule has 4 heteroatoms. The van der Waals surface area contributed by atoms with Gasteiger partial charge >= 0.3 is 0 Å². The van der Waals surface area contributed by atoms with Crippen LogP contribution in [0.15, 0.2) is 28.7 Å². The van der Waals surface area contributed by atoms with Crippen LogP contribution in [0.3, 0.4) is 0 Å². The van der Waals surface area contributed by atoms with Crippen LogP contribution in [0.5, 0.6) is 0 Å². The lowest BCUT2D eigenvalue weighted by atomic mass is 10.1. The third-order valence-electron chi connectivity index (χ3n) is 3.10. The van der Waals surface area contributed by atoms with E-state index in [9.17, 15) is 0 Å². The van der Waals surface area contributed by atoms with Crippen LogP contribution in [0.25, 0.3) is 0 Å². The van der Waals surface area contributed by atoms with Crippen molar-refractivity contribution in [2.24, 2.45) is 0 Å². The second-order valence-corrected chi connectivity index (χ2v) is 6.08. The van der Waals surface area contributed by atoms with E-state index in [4.69, 9.17) is 9.47 Å². The van der Waals surface area contributed by atoms with E-state index in [1.165, 1.54) is 5.56 Å². The molecule has 3 nitrogen and oxygen atoms in total. The Hall–Kier alpha value is -0.420. The monoisotopic (exact) mass is 313 g/mol. The molecule has 100 valence electrons. The number of hydrogen-bond donors (Lipinski definition) is 1. The molecular formula is C14H20BrNO2. The highest BCUT2D eigenvalue weighted by Gasteiger charge is 2.28. The van der Waals surface area contributed by atoms with E-state index in [-0.39, 0.29) is 12.1 Å². The summed E-state index contributed by atoms with van der Waals surface area (Å²) >= 11 is 3.49. The van der Waals surface area contributed by atoms with Crippen LogP contribution in [0, 0.1) is 0 Å². The molecule has 1 fully saturated rings. The second-order valence-electron chi connectivity index (χ2n) is 5.16. The molecule has 0 saturated carbocycles. The zero-order valence-electron chi connectivity index (χ0n) is 11.1. The van der Waals surface area contributed by atoms with Crippen molar-refractivity contribution in [3.63, 3.8) is 0 Å². The van der Waals surface area contributed by atoms with Gasteiger partial charge in [-0.3, -0.25) is 0 Å². The van der Waals surface area contributed by atoms with Gasteiger partial charge in [0.2, 0.25) is 0 Å². The van der Waals surface area contributed by atoms with Gasteiger partial charge in [0.1, 0.15) is 0 Å². The lowest BCUT2D eigenvalue weighted by Gasteiger charge is -2.36. The van der Waals surface area contributed by atoms with Crippen molar-refractivity contribution >= 4 is 15.9 Å². The van der Waals surface area contributed by atoms with E-state index in [0.717, 1.165) is 4.47 Å². The largest absolute Gasteiger partial charge is 0.349 e. The first-order valence-electron chi connectivity index (χ1n) is 6.26. The minimum Gasteiger partial charge on any atom is -0.349 e. The summed E-state index contributed by atoms with van der Waals surface area (Å²) in [5, 5.41) is 3.53. The van der Waals surface area contributed by atoms with Gasteiger partial charge in [0.05, 0.1) is 19.3 Å². The summed E-state index contributed by atoms with van der Waals surface area (Å²) < 4.78 is 12.4. The molecule has 1 saturated heterocycles. The van der Waals surface area contributed by atoms with Gasteiger partial charge in [-0.05, 0) is 38.5 Å². The highest BCUT2D eigenvalue weighted by molar-refractivity contribution is 9.10. The van der Waals surface area contributed by atoms with Crippen LogP contribution in [0.4, 0.5) is 0 Å². The van der Waals surface area contributed by atoms with E-state index in [2.05, 4.69) is 46.4 Å². The molecule has 1 unspecified atom stereocenters. The number of hydrogen-bond acceptors (Lipinski definition) is 3. The SMILES string of the molecule is CC(NC1COC(C)(C)OC1)c1cccc(Br)c1. The summed E-state index contributed by atoms with van der Waals surface area (Å²) in [6, 6.07) is 8.86. The molecule has 1 heterocycles. The van der Waals surface area contributed by atoms with E-state index in [0.29, 0.717) is 13.2 Å². The first-order valence-corrected chi connectivity index (χ1v) is 7.05. The molecule has 2 rings (SSSR count). The van der Waals surface area contributed by atoms with Crippen molar-refractivity contribution in [3.05, 3.63) is 34.3 Å². The molecule has 1 aliphatic heterocycles. The standard InChI is InChI=1S/C14H20BrNO2/c1-10(11-5-4-6-12(15)7-11)16-13-8-17-14(2,3)18-9-13/h4-7,10,13,16H,8-9H2,1-3H3. The lowest BCUT2D eigenvalue weighted by Crippen LogP contribution is -2.49. The molecule has 1 N–H and O–H groups in total. The van der Waals surface area contributed by atoms with Crippen LogP contribution < -0.4 is 5.32 Å². The molecule has 1 aliphatic rings. The van der Waals surface area contributed by atoms with Crippen molar-refractivity contribution < 1.29 is 9.47 Å². The second kappa shape index (κ2) is 5.70. The highest BCUT2D eigenvalue weighted by atomic mass is 79.9. The smallest absolute Gasteiger partial charge is 0.162 e. The van der Waals surface area contributed by atoms with Gasteiger partial charge in [-0.1, -0.05) is 28.1 Å². The predicted molar refractivity (Wildman–Crippen MR) is 75.5 cm³/mol. The predicted octanol–water partition coefficient (Wildman–Crippen LogP) is 3.25. The summed E-state index contributed by atoms with van der Waals surface area (Å²) in [5.74, 6) is -0.447. The maximum absolute atomic E-state index is 5.64. The number of benzene rings is 1. The molecule has 0 spiro atoms. The molecule has 0 bridgehead atoms. The Morgan fingerprint density at radius 2 is 2.00 bits per heavy atom.